The van der Waals surface area contributed by atoms with Crippen LogP contribution in [0.5, 0.6) is 0 Å². The summed E-state index contributed by atoms with van der Waals surface area (Å²) in [5.74, 6) is -1.21. The maximum Gasteiger partial charge on any atom is 0.393 e. The van der Waals surface area contributed by atoms with Gasteiger partial charge in [-0.1, -0.05) is 11.9 Å². The topological polar surface area (TPSA) is 24.1 Å². The lowest BCUT2D eigenvalue weighted by Crippen LogP contribution is -2.51. The number of alkyl halides is 3. The number of hydrogen-bond donors (Lipinski definition) is 2. The van der Waals surface area contributed by atoms with E-state index in [2.05, 4.69) is 10.0 Å². The van der Waals surface area contributed by atoms with Crippen LogP contribution in [-0.2, 0) is 0 Å². The SMILES string of the molecule is CSN[C@H]1CNCC[C@@H]1C(F)(F)F. The Hall–Kier alpha value is 0.0600. The molecule has 0 saturated carbocycles. The van der Waals surface area contributed by atoms with E-state index in [9.17, 15) is 13.2 Å². The fourth-order valence-corrected chi connectivity index (χ4v) is 2.08. The highest BCUT2D eigenvalue weighted by atomic mass is 32.2. The van der Waals surface area contributed by atoms with Gasteiger partial charge in [0.25, 0.3) is 0 Å². The number of hydrogen-bond acceptors (Lipinski definition) is 3. The quantitative estimate of drug-likeness (QED) is 0.679. The Bertz CT molecular complexity index is 160. The second-order valence-electron chi connectivity index (χ2n) is 3.07. The Morgan fingerprint density at radius 2 is 2.15 bits per heavy atom. The van der Waals surface area contributed by atoms with Crippen molar-refractivity contribution < 1.29 is 13.2 Å². The maximum atomic E-state index is 12.4. The predicted molar refractivity (Wildman–Crippen MR) is 47.5 cm³/mol. The molecule has 2 N–H and O–H groups in total. The van der Waals surface area contributed by atoms with E-state index in [0.29, 0.717) is 13.1 Å². The van der Waals surface area contributed by atoms with Crippen molar-refractivity contribution in [3.8, 4) is 0 Å². The molecule has 6 heteroatoms. The summed E-state index contributed by atoms with van der Waals surface area (Å²) in [4.78, 5) is 0. The van der Waals surface area contributed by atoms with Gasteiger partial charge in [-0.3, -0.25) is 4.72 Å². The maximum absolute atomic E-state index is 12.4. The molecule has 1 saturated heterocycles. The highest BCUT2D eigenvalue weighted by molar-refractivity contribution is 7.96. The summed E-state index contributed by atoms with van der Waals surface area (Å²) in [5.41, 5.74) is 0. The molecule has 1 aliphatic heterocycles. The van der Waals surface area contributed by atoms with Crippen LogP contribution in [0, 0.1) is 5.92 Å². The molecule has 0 amide bonds. The van der Waals surface area contributed by atoms with Gasteiger partial charge in [-0.15, -0.1) is 0 Å². The summed E-state index contributed by atoms with van der Waals surface area (Å²) in [7, 11) is 0. The highest BCUT2D eigenvalue weighted by Gasteiger charge is 2.45. The molecule has 78 valence electrons. The smallest absolute Gasteiger partial charge is 0.315 e. The third kappa shape index (κ3) is 3.03. The minimum atomic E-state index is -4.07. The Kier molecular flexibility index (Phi) is 3.87. The van der Waals surface area contributed by atoms with Gasteiger partial charge in [0.15, 0.2) is 0 Å². The van der Waals surface area contributed by atoms with Crippen molar-refractivity contribution >= 4 is 11.9 Å². The first kappa shape index (κ1) is 11.1. The summed E-state index contributed by atoms with van der Waals surface area (Å²) < 4.78 is 40.1. The van der Waals surface area contributed by atoms with Crippen molar-refractivity contribution in [2.24, 2.45) is 5.92 Å². The molecule has 0 aromatic carbocycles. The molecule has 0 aromatic rings. The predicted octanol–water partition coefficient (Wildman–Crippen LogP) is 1.39. The van der Waals surface area contributed by atoms with E-state index in [0.717, 1.165) is 0 Å². The Morgan fingerprint density at radius 3 is 2.69 bits per heavy atom. The third-order valence-corrected chi connectivity index (χ3v) is 2.71. The lowest BCUT2D eigenvalue weighted by atomic mass is 9.93. The first-order valence-corrected chi connectivity index (χ1v) is 5.34. The molecule has 2 nitrogen and oxygen atoms in total. The van der Waals surface area contributed by atoms with Crippen LogP contribution in [0.15, 0.2) is 0 Å². The molecule has 0 aliphatic carbocycles. The van der Waals surface area contributed by atoms with Crippen molar-refractivity contribution in [3.63, 3.8) is 0 Å². The molecule has 1 aliphatic rings. The second kappa shape index (κ2) is 4.52. The molecule has 0 bridgehead atoms. The van der Waals surface area contributed by atoms with Crippen molar-refractivity contribution in [2.45, 2.75) is 18.6 Å². The molecule has 0 unspecified atom stereocenters. The molecule has 0 aromatic heterocycles. The zero-order valence-electron chi connectivity index (χ0n) is 7.32. The van der Waals surface area contributed by atoms with Crippen molar-refractivity contribution in [1.29, 1.82) is 0 Å². The van der Waals surface area contributed by atoms with Crippen molar-refractivity contribution in [3.05, 3.63) is 0 Å². The monoisotopic (exact) mass is 214 g/mol. The fraction of sp³-hybridized carbons (Fsp3) is 1.00. The lowest BCUT2D eigenvalue weighted by Gasteiger charge is -2.33. The molecule has 0 radical (unpaired) electrons. The molecule has 1 heterocycles. The Balaban J connectivity index is 2.56. The van der Waals surface area contributed by atoms with Crippen LogP contribution in [0.2, 0.25) is 0 Å². The summed E-state index contributed by atoms with van der Waals surface area (Å²) >= 11 is 1.24. The van der Waals surface area contributed by atoms with E-state index < -0.39 is 18.1 Å². The van der Waals surface area contributed by atoms with Crippen LogP contribution >= 0.6 is 11.9 Å². The van der Waals surface area contributed by atoms with Gasteiger partial charge < -0.3 is 5.32 Å². The van der Waals surface area contributed by atoms with E-state index in [1.54, 1.807) is 6.26 Å². The summed E-state index contributed by atoms with van der Waals surface area (Å²) in [6.07, 6.45) is -2.17. The highest BCUT2D eigenvalue weighted by Crippen LogP contribution is 2.33. The molecule has 1 fully saturated rings. The zero-order chi connectivity index (χ0) is 9.90. The standard InChI is InChI=1S/C7H13F3N2S/c1-13-12-6-4-11-3-2-5(6)7(8,9)10/h5-6,11-12H,2-4H2,1H3/t5-,6-/m0/s1. The van der Waals surface area contributed by atoms with Gasteiger partial charge in [0.2, 0.25) is 0 Å². The normalized spacial score (nSPS) is 30.5. The lowest BCUT2D eigenvalue weighted by molar-refractivity contribution is -0.185. The second-order valence-corrected chi connectivity index (χ2v) is 3.71. The van der Waals surface area contributed by atoms with Gasteiger partial charge in [-0.25, -0.2) is 0 Å². The minimum absolute atomic E-state index is 0.168. The van der Waals surface area contributed by atoms with Crippen LogP contribution in [0.25, 0.3) is 0 Å². The van der Waals surface area contributed by atoms with Crippen molar-refractivity contribution in [2.75, 3.05) is 19.3 Å². The van der Waals surface area contributed by atoms with E-state index >= 15 is 0 Å². The van der Waals surface area contributed by atoms with E-state index in [-0.39, 0.29) is 6.42 Å². The van der Waals surface area contributed by atoms with E-state index in [4.69, 9.17) is 0 Å². The van der Waals surface area contributed by atoms with Crippen LogP contribution in [-0.4, -0.2) is 31.6 Å². The summed E-state index contributed by atoms with van der Waals surface area (Å²) in [5, 5.41) is 2.95. The molecule has 1 rings (SSSR count). The van der Waals surface area contributed by atoms with Gasteiger partial charge in [0.1, 0.15) is 0 Å². The van der Waals surface area contributed by atoms with Crippen molar-refractivity contribution in [1.82, 2.24) is 10.0 Å². The van der Waals surface area contributed by atoms with Gasteiger partial charge in [-0.05, 0) is 19.2 Å². The van der Waals surface area contributed by atoms with Gasteiger partial charge in [0, 0.05) is 12.6 Å². The van der Waals surface area contributed by atoms with Crippen LogP contribution < -0.4 is 10.0 Å². The fourth-order valence-electron chi connectivity index (χ4n) is 1.53. The average Bonchev–Trinajstić information content (AvgIpc) is 2.04. The average molecular weight is 214 g/mol. The number of piperidine rings is 1. The molecular formula is C7H13F3N2S. The Morgan fingerprint density at radius 1 is 1.46 bits per heavy atom. The third-order valence-electron chi connectivity index (χ3n) is 2.17. The minimum Gasteiger partial charge on any atom is -0.315 e. The largest absolute Gasteiger partial charge is 0.393 e. The van der Waals surface area contributed by atoms with E-state index in [1.165, 1.54) is 11.9 Å². The first-order valence-electron chi connectivity index (χ1n) is 4.11. The molecule has 13 heavy (non-hydrogen) atoms. The first-order chi connectivity index (χ1) is 6.05. The van der Waals surface area contributed by atoms with Gasteiger partial charge in [0.05, 0.1) is 5.92 Å². The van der Waals surface area contributed by atoms with Crippen LogP contribution in [0.3, 0.4) is 0 Å². The molecular weight excluding hydrogens is 201 g/mol. The molecule has 2 atom stereocenters. The number of nitrogens with one attached hydrogen (secondary N) is 2. The zero-order valence-corrected chi connectivity index (χ0v) is 8.13. The van der Waals surface area contributed by atoms with Crippen LogP contribution in [0.1, 0.15) is 6.42 Å². The van der Waals surface area contributed by atoms with Gasteiger partial charge >= 0.3 is 6.18 Å². The Labute approximate surface area is 79.8 Å². The summed E-state index contributed by atoms with van der Waals surface area (Å²) in [6.45, 7) is 0.849. The number of halogens is 3. The molecule has 0 spiro atoms. The van der Waals surface area contributed by atoms with E-state index in [1.807, 2.05) is 0 Å². The van der Waals surface area contributed by atoms with Crippen LogP contribution in [0.4, 0.5) is 13.2 Å². The number of rotatable bonds is 2. The summed E-state index contributed by atoms with van der Waals surface area (Å²) in [6, 6.07) is -0.497. The van der Waals surface area contributed by atoms with Gasteiger partial charge in [-0.2, -0.15) is 13.2 Å².